The van der Waals surface area contributed by atoms with E-state index in [2.05, 4.69) is 85.2 Å². The summed E-state index contributed by atoms with van der Waals surface area (Å²) in [4.78, 5) is 4.71. The number of imidazole rings is 1. The Kier molecular flexibility index (Phi) is 4.69. The summed E-state index contributed by atoms with van der Waals surface area (Å²) in [7, 11) is 0. The lowest BCUT2D eigenvalue weighted by Crippen LogP contribution is -2.04. The first-order valence-electron chi connectivity index (χ1n) is 8.30. The molecule has 0 atom stereocenters. The molecular weight excluding hydrogens is 330 g/mol. The summed E-state index contributed by atoms with van der Waals surface area (Å²) in [5, 5.41) is 6.19. The van der Waals surface area contributed by atoms with Crippen LogP contribution in [0.4, 0.5) is 5.69 Å². The second-order valence-corrected chi connectivity index (χ2v) is 6.33. The predicted molar refractivity (Wildman–Crippen MR) is 108 cm³/mol. The molecule has 4 rings (SSSR count). The van der Waals surface area contributed by atoms with E-state index in [9.17, 15) is 0 Å². The number of nitrogens with one attached hydrogen (secondary N) is 1. The minimum atomic E-state index is 0. The fourth-order valence-corrected chi connectivity index (χ4v) is 3.30. The third-order valence-corrected chi connectivity index (χ3v) is 4.86. The zero-order valence-electron chi connectivity index (χ0n) is 14.7. The molecular formula is C21H22ClN3. The van der Waals surface area contributed by atoms with Crippen molar-refractivity contribution in [3.05, 3.63) is 77.2 Å². The van der Waals surface area contributed by atoms with E-state index < -0.39 is 0 Å². The van der Waals surface area contributed by atoms with Gasteiger partial charge in [0, 0.05) is 18.4 Å². The maximum absolute atomic E-state index is 4.71. The monoisotopic (exact) mass is 351 g/mol. The molecule has 4 heteroatoms. The van der Waals surface area contributed by atoms with E-state index in [1.807, 2.05) is 0 Å². The molecule has 1 N–H and O–H groups in total. The lowest BCUT2D eigenvalue weighted by Gasteiger charge is -2.13. The Morgan fingerprint density at radius 3 is 2.60 bits per heavy atom. The number of hydrogen-bond acceptors (Lipinski definition) is 2. The van der Waals surface area contributed by atoms with Crippen LogP contribution in [0, 0.1) is 20.8 Å². The van der Waals surface area contributed by atoms with Gasteiger partial charge in [-0.1, -0.05) is 36.4 Å². The smallest absolute Gasteiger partial charge is 0.160 e. The van der Waals surface area contributed by atoms with Crippen LogP contribution in [0.25, 0.3) is 16.4 Å². The molecule has 0 radical (unpaired) electrons. The molecule has 128 valence electrons. The summed E-state index contributed by atoms with van der Waals surface area (Å²) in [6, 6.07) is 17.1. The van der Waals surface area contributed by atoms with Gasteiger partial charge in [-0.15, -0.1) is 12.4 Å². The molecule has 0 aliphatic heterocycles. The Labute approximate surface area is 154 Å². The van der Waals surface area contributed by atoms with Crippen molar-refractivity contribution in [1.29, 1.82) is 0 Å². The first-order valence-corrected chi connectivity index (χ1v) is 8.30. The fraction of sp³-hybridized carbons (Fsp3) is 0.190. The van der Waals surface area contributed by atoms with Gasteiger partial charge in [0.05, 0.1) is 11.4 Å². The highest BCUT2D eigenvalue weighted by molar-refractivity contribution is 5.87. The van der Waals surface area contributed by atoms with Crippen LogP contribution in [0.1, 0.15) is 22.5 Å². The van der Waals surface area contributed by atoms with E-state index in [0.29, 0.717) is 0 Å². The molecule has 2 heterocycles. The van der Waals surface area contributed by atoms with Crippen LogP contribution in [0.3, 0.4) is 0 Å². The number of aromatic nitrogens is 2. The van der Waals surface area contributed by atoms with Crippen LogP contribution in [-0.4, -0.2) is 9.38 Å². The van der Waals surface area contributed by atoms with Crippen molar-refractivity contribution in [1.82, 2.24) is 9.38 Å². The van der Waals surface area contributed by atoms with Crippen molar-refractivity contribution in [2.24, 2.45) is 0 Å². The molecule has 0 spiro atoms. The fourth-order valence-electron chi connectivity index (χ4n) is 3.30. The van der Waals surface area contributed by atoms with Crippen LogP contribution in [-0.2, 0) is 6.54 Å². The maximum Gasteiger partial charge on any atom is 0.160 e. The number of halogens is 1. The van der Waals surface area contributed by atoms with E-state index in [-0.39, 0.29) is 12.4 Å². The van der Waals surface area contributed by atoms with Gasteiger partial charge in [-0.3, -0.25) is 0 Å². The molecule has 2 aromatic carbocycles. The number of benzene rings is 2. The summed E-state index contributed by atoms with van der Waals surface area (Å²) < 4.78 is 2.15. The Morgan fingerprint density at radius 2 is 1.76 bits per heavy atom. The first kappa shape index (κ1) is 17.3. The molecule has 0 aliphatic rings. The van der Waals surface area contributed by atoms with Crippen molar-refractivity contribution in [2.45, 2.75) is 27.3 Å². The second kappa shape index (κ2) is 6.77. The third-order valence-electron chi connectivity index (χ3n) is 4.86. The number of nitrogens with zero attached hydrogens (tertiary/aromatic N) is 2. The van der Waals surface area contributed by atoms with Gasteiger partial charge in [-0.25, -0.2) is 4.98 Å². The number of pyridine rings is 1. The van der Waals surface area contributed by atoms with Crippen molar-refractivity contribution in [3.63, 3.8) is 0 Å². The molecule has 3 nitrogen and oxygen atoms in total. The summed E-state index contributed by atoms with van der Waals surface area (Å²) in [5.41, 5.74) is 6.98. The van der Waals surface area contributed by atoms with Gasteiger partial charge < -0.3 is 9.72 Å². The second-order valence-electron chi connectivity index (χ2n) is 6.33. The molecule has 0 unspecified atom stereocenters. The Balaban J connectivity index is 0.00000182. The van der Waals surface area contributed by atoms with Crippen LogP contribution in [0.2, 0.25) is 0 Å². The van der Waals surface area contributed by atoms with Crippen LogP contribution >= 0.6 is 12.4 Å². The normalized spacial score (nSPS) is 10.8. The topological polar surface area (TPSA) is 29.3 Å². The molecule has 4 aromatic rings. The zero-order valence-corrected chi connectivity index (χ0v) is 15.5. The molecule has 2 aromatic heterocycles. The summed E-state index contributed by atoms with van der Waals surface area (Å²) in [6.45, 7) is 7.13. The lowest BCUT2D eigenvalue weighted by atomic mass is 10.00. The Hall–Kier alpha value is -2.52. The third kappa shape index (κ3) is 2.96. The summed E-state index contributed by atoms with van der Waals surface area (Å²) in [6.07, 6.45) is 2.07. The highest BCUT2D eigenvalue weighted by Gasteiger charge is 2.09. The van der Waals surface area contributed by atoms with E-state index in [4.69, 9.17) is 4.98 Å². The van der Waals surface area contributed by atoms with Crippen LogP contribution in [0.15, 0.2) is 54.7 Å². The number of fused-ring (bicyclic) bond motifs is 2. The van der Waals surface area contributed by atoms with Gasteiger partial charge in [-0.2, -0.15) is 0 Å². The SMILES string of the molecule is Cc1ccc2ccccc2c1CNc1cccn2c(C)c(C)nc12.Cl. The summed E-state index contributed by atoms with van der Waals surface area (Å²) >= 11 is 0. The number of rotatable bonds is 3. The summed E-state index contributed by atoms with van der Waals surface area (Å²) in [5.74, 6) is 0. The highest BCUT2D eigenvalue weighted by atomic mass is 35.5. The van der Waals surface area contributed by atoms with Gasteiger partial charge in [-0.05, 0) is 54.8 Å². The molecule has 0 amide bonds. The number of anilines is 1. The van der Waals surface area contributed by atoms with E-state index in [1.165, 1.54) is 27.6 Å². The molecule has 0 fully saturated rings. The predicted octanol–water partition coefficient (Wildman–Crippen LogP) is 5.45. The molecule has 0 saturated carbocycles. The maximum atomic E-state index is 4.71. The Bertz CT molecular complexity index is 1050. The highest BCUT2D eigenvalue weighted by Crippen LogP contribution is 2.25. The van der Waals surface area contributed by atoms with E-state index >= 15 is 0 Å². The number of aryl methyl sites for hydroxylation is 3. The van der Waals surface area contributed by atoms with Crippen molar-refractivity contribution >= 4 is 34.5 Å². The van der Waals surface area contributed by atoms with E-state index in [1.54, 1.807) is 0 Å². The first-order chi connectivity index (χ1) is 11.6. The molecule has 0 aliphatic carbocycles. The molecule has 0 bridgehead atoms. The van der Waals surface area contributed by atoms with Crippen LogP contribution < -0.4 is 5.32 Å². The average Bonchev–Trinajstić information content (AvgIpc) is 2.89. The minimum Gasteiger partial charge on any atom is -0.378 e. The zero-order chi connectivity index (χ0) is 16.7. The van der Waals surface area contributed by atoms with Gasteiger partial charge in [0.2, 0.25) is 0 Å². The van der Waals surface area contributed by atoms with E-state index in [0.717, 1.165) is 23.6 Å². The standard InChI is InChI=1S/C21H21N3.ClH/c1-14-10-11-17-7-4-5-8-18(17)19(14)13-22-20-9-6-12-24-16(3)15(2)23-21(20)24;/h4-12,22H,13H2,1-3H3;1H. The van der Waals surface area contributed by atoms with Gasteiger partial charge >= 0.3 is 0 Å². The van der Waals surface area contributed by atoms with Crippen molar-refractivity contribution in [2.75, 3.05) is 5.32 Å². The van der Waals surface area contributed by atoms with Gasteiger partial charge in [0.25, 0.3) is 0 Å². The van der Waals surface area contributed by atoms with Crippen molar-refractivity contribution in [3.8, 4) is 0 Å². The largest absolute Gasteiger partial charge is 0.378 e. The lowest BCUT2D eigenvalue weighted by molar-refractivity contribution is 1.08. The molecule has 0 saturated heterocycles. The molecule has 25 heavy (non-hydrogen) atoms. The van der Waals surface area contributed by atoms with Crippen LogP contribution in [0.5, 0.6) is 0 Å². The van der Waals surface area contributed by atoms with Crippen molar-refractivity contribution < 1.29 is 0 Å². The average molecular weight is 352 g/mol. The number of hydrogen-bond donors (Lipinski definition) is 1. The Morgan fingerprint density at radius 1 is 0.960 bits per heavy atom. The van der Waals surface area contributed by atoms with Gasteiger partial charge in [0.1, 0.15) is 0 Å². The minimum absolute atomic E-state index is 0. The quantitative estimate of drug-likeness (QED) is 0.532. The van der Waals surface area contributed by atoms with Gasteiger partial charge in [0.15, 0.2) is 5.65 Å².